The Morgan fingerprint density at radius 2 is 0.688 bits per heavy atom. The first-order valence-electron chi connectivity index (χ1n) is 38.5. The number of rotatable bonds is 10. The molecule has 605 valence electrons. The van der Waals surface area contributed by atoms with Crippen LogP contribution in [-0.2, 0) is 15.8 Å². The number of carbonyl (C=O) groups is 2. The Morgan fingerprint density at radius 3 is 1.01 bits per heavy atom. The molecular weight excluding hydrogens is 1970 g/mol. The molecule has 0 spiro atoms. The van der Waals surface area contributed by atoms with Crippen molar-refractivity contribution in [3.63, 3.8) is 0 Å². The number of hydrogen-bond acceptors (Lipinski definition) is 10. The summed E-state index contributed by atoms with van der Waals surface area (Å²) >= 11 is 21.1. The van der Waals surface area contributed by atoms with E-state index in [0.29, 0.717) is 63.4 Å². The van der Waals surface area contributed by atoms with Crippen molar-refractivity contribution in [1.82, 2.24) is 0 Å². The van der Waals surface area contributed by atoms with Crippen molar-refractivity contribution in [3.05, 3.63) is 453 Å². The summed E-state index contributed by atoms with van der Waals surface area (Å²) in [7, 11) is -4.00. The van der Waals surface area contributed by atoms with E-state index >= 15 is 0 Å². The largest absolute Gasteiger partial charge is 1.00 e. The fraction of sp³-hybridized carbons (Fsp3) is 0.0490. The maximum absolute atomic E-state index is 12.3. The second kappa shape index (κ2) is 46.3. The van der Waals surface area contributed by atoms with Gasteiger partial charge >= 0.3 is 90.3 Å². The quantitative estimate of drug-likeness (QED) is 0.0329. The first kappa shape index (κ1) is 99.1. The Balaban J connectivity index is 0.000000181. The van der Waals surface area contributed by atoms with Crippen molar-refractivity contribution in [2.24, 2.45) is 0 Å². The van der Waals surface area contributed by atoms with Crippen LogP contribution in [0.3, 0.4) is 0 Å². The Kier molecular flexibility index (Phi) is 36.7. The summed E-state index contributed by atoms with van der Waals surface area (Å²) in [6.45, 7) is 5.72. The van der Waals surface area contributed by atoms with Crippen LogP contribution < -0.4 is 82.3 Å². The third kappa shape index (κ3) is 22.6. The third-order valence-electron chi connectivity index (χ3n) is 20.7. The van der Waals surface area contributed by atoms with Gasteiger partial charge in [-0.15, -0.1) is 0 Å². The molecule has 0 bridgehead atoms. The summed E-state index contributed by atoms with van der Waals surface area (Å²) in [5.74, 6) is 0.319. The van der Waals surface area contributed by atoms with Crippen molar-refractivity contribution < 1.29 is 123 Å². The molecule has 0 aliphatic heterocycles. The summed E-state index contributed by atoms with van der Waals surface area (Å²) in [6.07, 6.45) is 2.28. The number of hydrogen-bond donors (Lipinski definition) is 6. The molecule has 0 amide bonds. The fourth-order valence-corrected chi connectivity index (χ4v) is 17.5. The molecule has 125 heavy (non-hydrogen) atoms. The molecule has 0 fully saturated rings. The molecule has 2 aliphatic carbocycles. The van der Waals surface area contributed by atoms with E-state index in [1.807, 2.05) is 206 Å². The summed E-state index contributed by atoms with van der Waals surface area (Å²) < 4.78 is 19.3. The molecule has 19 rings (SSSR count). The molecule has 17 aromatic rings. The van der Waals surface area contributed by atoms with Crippen LogP contribution in [0, 0.1) is 13.0 Å². The number of aliphatic hydroxyl groups is 2. The van der Waals surface area contributed by atoms with Crippen molar-refractivity contribution >= 4 is 179 Å². The molecule has 0 saturated carbocycles. The molecule has 3 unspecified atom stereocenters. The Labute approximate surface area is 826 Å². The number of ketones is 2. The predicted molar refractivity (Wildman–Crippen MR) is 515 cm³/mol. The van der Waals surface area contributed by atoms with Gasteiger partial charge < -0.3 is 43.2 Å². The molecule has 3 atom stereocenters. The van der Waals surface area contributed by atoms with Gasteiger partial charge in [-0.05, 0) is 217 Å². The topological polar surface area (TPSA) is 205 Å². The Hall–Kier alpha value is -8.06. The van der Waals surface area contributed by atoms with Crippen LogP contribution >= 0.6 is 104 Å². The van der Waals surface area contributed by atoms with Gasteiger partial charge in [0.25, 0.3) is 0 Å². The summed E-state index contributed by atoms with van der Waals surface area (Å²) in [5, 5.41) is 62.4. The van der Waals surface area contributed by atoms with E-state index < -0.39 is 26.6 Å². The van der Waals surface area contributed by atoms with Crippen LogP contribution in [0.25, 0.3) is 87.6 Å². The maximum atomic E-state index is 12.3. The van der Waals surface area contributed by atoms with Crippen LogP contribution in [-0.4, -0.2) is 56.5 Å². The third-order valence-corrected chi connectivity index (χ3v) is 23.7. The van der Waals surface area contributed by atoms with Crippen LogP contribution in [0.5, 0.6) is 5.75 Å². The standard InChI is InChI=1S/C26H19B2O4.C26H18Br2O2.C26H16Br2.C14H6Br2O2.C6H5.C4H9.2Li.Na.HO3P.H/c29-27-32-20-12-14-22-24(16-20)26(18-9-5-2-6-10-18)21-13-11-19(28(30)31)15-23(21)25(22)17-7-3-1-4-8-17;27-19-12-14-22-23(15-19)25(29,17-7-3-1-4-8-17)21-13-11-20(28)16-24(21)26(22,30)18-9-5-2-6-10-18;27-19-12-14-22-23(15-19)25(17-7-3-1-4-8-17)21-13-11-20(28)16-24(21)26(22)18-9-5-2-6-10-18;15-7-1-3-9-11(5-7)14(18)10-4-2-8(16)6-12(10)13(9)17;1-2-4-6-5-3-1;1-3-4-2;;;;1-4(2)3;/h1-16,29-31H;1-16,29-30H;1-16H;1-6H;1-5H;1,3-4H2,2H3;;;;(H,1,2,3);/q;;;;2*-1;3*+1;;-1. The molecule has 11 nitrogen and oxygen atoms in total. The normalized spacial score (nSPS) is 13.5. The summed E-state index contributed by atoms with van der Waals surface area (Å²) in [5.41, 5.74) is 12.7. The second-order valence-electron chi connectivity index (χ2n) is 28.2. The molecule has 0 heterocycles. The van der Waals surface area contributed by atoms with Gasteiger partial charge in [0.2, 0.25) is 0 Å². The molecule has 17 aromatic carbocycles. The van der Waals surface area contributed by atoms with Crippen LogP contribution in [0.2, 0.25) is 0 Å². The number of carbonyl (C=O) groups excluding carboxylic acids is 2. The van der Waals surface area contributed by atoms with Crippen molar-refractivity contribution in [2.75, 3.05) is 0 Å². The van der Waals surface area contributed by atoms with Crippen molar-refractivity contribution in [1.29, 1.82) is 0 Å². The molecule has 6 N–H and O–H groups in total. The average Bonchev–Trinajstić information content (AvgIpc) is 0.690. The van der Waals surface area contributed by atoms with Gasteiger partial charge in [-0.3, -0.25) is 9.59 Å². The molecule has 1 radical (unpaired) electrons. The van der Waals surface area contributed by atoms with Gasteiger partial charge in [0.1, 0.15) is 17.0 Å². The average molecular weight is 2050 g/mol. The number of fused-ring (bicyclic) bond motifs is 8. The summed E-state index contributed by atoms with van der Waals surface area (Å²) in [6, 6.07) is 119. The van der Waals surface area contributed by atoms with Gasteiger partial charge in [-0.1, -0.05) is 339 Å². The fourth-order valence-electron chi connectivity index (χ4n) is 15.3. The van der Waals surface area contributed by atoms with E-state index in [1.54, 1.807) is 42.5 Å². The first-order valence-corrected chi connectivity index (χ1v) is 44.4. The van der Waals surface area contributed by atoms with Crippen molar-refractivity contribution in [3.8, 4) is 50.3 Å². The number of unbranched alkanes of at least 4 members (excludes halogenated alkanes) is 1. The minimum absolute atomic E-state index is 0. The monoisotopic (exact) mass is 2040 g/mol. The molecular formula is C102H75B2Br6Li2NaO11P. The van der Waals surface area contributed by atoms with Gasteiger partial charge in [-0.2, -0.15) is 47.7 Å². The van der Waals surface area contributed by atoms with Gasteiger partial charge in [0, 0.05) is 60.2 Å². The predicted octanol–water partition coefficient (Wildman–Crippen LogP) is 16.1. The summed E-state index contributed by atoms with van der Waals surface area (Å²) in [4.78, 5) is 40.3. The van der Waals surface area contributed by atoms with Crippen LogP contribution in [0.15, 0.2) is 385 Å². The van der Waals surface area contributed by atoms with E-state index in [0.717, 1.165) is 88.2 Å². The maximum Gasteiger partial charge on any atom is 1.00 e. The molecule has 0 saturated heterocycles. The zero-order valence-electron chi connectivity index (χ0n) is 69.3. The van der Waals surface area contributed by atoms with Gasteiger partial charge in [-0.25, -0.2) is 0 Å². The van der Waals surface area contributed by atoms with Gasteiger partial charge in [0.05, 0.1) is 0 Å². The zero-order valence-corrected chi connectivity index (χ0v) is 80.7. The molecule has 2 aliphatic rings. The second-order valence-corrected chi connectivity index (χ2v) is 34.2. The van der Waals surface area contributed by atoms with E-state index in [9.17, 15) is 34.9 Å². The zero-order chi connectivity index (χ0) is 86.2. The van der Waals surface area contributed by atoms with E-state index in [-0.39, 0.29) is 80.3 Å². The number of halogens is 6. The molecule has 0 aromatic heterocycles. The Morgan fingerprint density at radius 1 is 0.400 bits per heavy atom. The van der Waals surface area contributed by atoms with E-state index in [2.05, 4.69) is 225 Å². The molecule has 23 heteroatoms. The number of benzene rings is 17. The van der Waals surface area contributed by atoms with E-state index in [4.69, 9.17) is 19.0 Å². The Bertz CT molecular complexity index is 6350. The first-order chi connectivity index (χ1) is 59.1. The SMILES string of the molecule is Brc1ccc2c(-c3ccccc3)c3cc(Br)ccc3c(-c3ccccc3)c2c1.O=C1c2ccc(Br)cc2C(=O)c2ccc(Br)cc21.O=[P+]([O-])O.OC1(c2ccccc2)c2ccc(Br)cc2C(O)(c2ccccc2)c2ccc(Br)cc21.O[B]Oc1ccc2c(-c3ccccc3)c3cc(B(O)O)ccc3c(-c3ccccc3)c2c1.[CH2-]CCC.[H-].[Li+].[Li+].[Na+].[c-]1ccccc1. The minimum Gasteiger partial charge on any atom is -1.00 e. The minimum atomic E-state index is -3.12. The van der Waals surface area contributed by atoms with Crippen LogP contribution in [0.1, 0.15) is 86.4 Å². The smallest absolute Gasteiger partial charge is 1.00 e. The van der Waals surface area contributed by atoms with E-state index in [1.165, 1.54) is 50.2 Å². The van der Waals surface area contributed by atoms with Crippen molar-refractivity contribution in [2.45, 2.75) is 31.0 Å². The van der Waals surface area contributed by atoms with Crippen LogP contribution in [0.4, 0.5) is 0 Å². The van der Waals surface area contributed by atoms with Gasteiger partial charge in [0.15, 0.2) is 11.6 Å².